The number of nitrogen functional groups attached to an aromatic ring is 1. The van der Waals surface area contributed by atoms with Crippen molar-refractivity contribution >= 4 is 23.3 Å². The molecule has 1 heterocycles. The summed E-state index contributed by atoms with van der Waals surface area (Å²) in [5, 5.41) is 14.8. The van der Waals surface area contributed by atoms with Gasteiger partial charge in [0.15, 0.2) is 0 Å². The molecule has 0 unspecified atom stereocenters. The smallest absolute Gasteiger partial charge is 0.269 e. The lowest BCUT2D eigenvalue weighted by molar-refractivity contribution is -0.384. The zero-order chi connectivity index (χ0) is 13.8. The van der Waals surface area contributed by atoms with Crippen LogP contribution in [0, 0.1) is 10.1 Å². The van der Waals surface area contributed by atoms with Gasteiger partial charge in [-0.3, -0.25) is 10.1 Å². The van der Waals surface area contributed by atoms with Crippen molar-refractivity contribution in [2.24, 2.45) is 0 Å². The molecule has 2 rings (SSSR count). The normalized spacial score (nSPS) is 10.6. The van der Waals surface area contributed by atoms with Gasteiger partial charge in [-0.15, -0.1) is 11.8 Å². The molecule has 1 aromatic carbocycles. The first kappa shape index (κ1) is 13.4. The summed E-state index contributed by atoms with van der Waals surface area (Å²) in [6, 6.07) is 6.15. The molecule has 2 N–H and O–H groups in total. The maximum atomic E-state index is 10.6. The highest BCUT2D eigenvalue weighted by Crippen LogP contribution is 2.27. The van der Waals surface area contributed by atoms with Crippen LogP contribution < -0.4 is 5.73 Å². The Balaban J connectivity index is 2.26. The van der Waals surface area contributed by atoms with E-state index in [0.29, 0.717) is 11.5 Å². The van der Waals surface area contributed by atoms with Crippen LogP contribution in [0.2, 0.25) is 0 Å². The fraction of sp³-hybridized carbons (Fsp3) is 0.250. The third-order valence-electron chi connectivity index (χ3n) is 2.54. The van der Waals surface area contributed by atoms with E-state index in [1.54, 1.807) is 34.8 Å². The van der Waals surface area contributed by atoms with Crippen molar-refractivity contribution < 1.29 is 4.92 Å². The largest absolute Gasteiger partial charge is 0.383 e. The van der Waals surface area contributed by atoms with Crippen LogP contribution in [0.1, 0.15) is 13.3 Å². The Morgan fingerprint density at radius 1 is 1.42 bits per heavy atom. The topological polar surface area (TPSA) is 87.0 Å². The van der Waals surface area contributed by atoms with Crippen LogP contribution in [0.4, 0.5) is 11.5 Å². The highest BCUT2D eigenvalue weighted by atomic mass is 32.2. The summed E-state index contributed by atoms with van der Waals surface area (Å²) in [7, 11) is 0. The van der Waals surface area contributed by atoms with Gasteiger partial charge in [-0.1, -0.05) is 6.92 Å². The summed E-state index contributed by atoms with van der Waals surface area (Å²) in [4.78, 5) is 11.1. The molecule has 0 aliphatic carbocycles. The predicted molar refractivity (Wildman–Crippen MR) is 75.6 cm³/mol. The van der Waals surface area contributed by atoms with Crippen molar-refractivity contribution in [2.45, 2.75) is 18.2 Å². The molecular weight excluding hydrogens is 264 g/mol. The van der Waals surface area contributed by atoms with Crippen molar-refractivity contribution in [3.05, 3.63) is 40.6 Å². The number of rotatable bonds is 5. The number of nitro groups is 1. The number of nitrogens with zero attached hydrogens (tertiary/aromatic N) is 3. The van der Waals surface area contributed by atoms with E-state index in [1.165, 1.54) is 12.1 Å². The fourth-order valence-electron chi connectivity index (χ4n) is 1.59. The molecule has 0 bridgehead atoms. The summed E-state index contributed by atoms with van der Waals surface area (Å²) in [6.45, 7) is 2.10. The zero-order valence-corrected chi connectivity index (χ0v) is 11.3. The van der Waals surface area contributed by atoms with Crippen LogP contribution in [0.25, 0.3) is 5.69 Å². The second kappa shape index (κ2) is 5.75. The monoisotopic (exact) mass is 278 g/mol. The highest BCUT2D eigenvalue weighted by Gasteiger charge is 2.11. The molecule has 0 saturated heterocycles. The molecule has 2 aromatic rings. The van der Waals surface area contributed by atoms with E-state index in [-0.39, 0.29) is 5.69 Å². The molecule has 6 nitrogen and oxygen atoms in total. The molecule has 1 aromatic heterocycles. The number of aromatic nitrogens is 2. The summed E-state index contributed by atoms with van der Waals surface area (Å²) in [6.07, 6.45) is 2.78. The van der Waals surface area contributed by atoms with Crippen LogP contribution in [0.15, 0.2) is 35.4 Å². The molecule has 7 heteroatoms. The third-order valence-corrected chi connectivity index (χ3v) is 3.78. The SMILES string of the molecule is CCCSc1cnn(-c2ccc([N+](=O)[O-])cc2)c1N. The summed E-state index contributed by atoms with van der Waals surface area (Å²) >= 11 is 1.65. The highest BCUT2D eigenvalue weighted by molar-refractivity contribution is 7.99. The second-order valence-corrected chi connectivity index (χ2v) is 5.06. The van der Waals surface area contributed by atoms with Crippen molar-refractivity contribution in [2.75, 3.05) is 11.5 Å². The average Bonchev–Trinajstić information content (AvgIpc) is 2.78. The molecule has 19 heavy (non-hydrogen) atoms. The Morgan fingerprint density at radius 2 is 2.11 bits per heavy atom. The third kappa shape index (κ3) is 2.87. The number of benzene rings is 1. The van der Waals surface area contributed by atoms with E-state index in [9.17, 15) is 10.1 Å². The lowest BCUT2D eigenvalue weighted by Gasteiger charge is -2.04. The van der Waals surface area contributed by atoms with E-state index >= 15 is 0 Å². The number of hydrogen-bond donors (Lipinski definition) is 1. The van der Waals surface area contributed by atoms with Crippen molar-refractivity contribution in [3.8, 4) is 5.69 Å². The Labute approximate surface area is 114 Å². The van der Waals surface area contributed by atoms with Gasteiger partial charge in [0.2, 0.25) is 0 Å². The Bertz CT molecular complexity index is 580. The number of non-ortho nitro benzene ring substituents is 1. The van der Waals surface area contributed by atoms with Crippen molar-refractivity contribution in [1.82, 2.24) is 9.78 Å². The number of anilines is 1. The average molecular weight is 278 g/mol. The predicted octanol–water partition coefficient (Wildman–Crippen LogP) is 2.86. The van der Waals surface area contributed by atoms with E-state index in [1.807, 2.05) is 0 Å². The van der Waals surface area contributed by atoms with E-state index in [0.717, 1.165) is 17.1 Å². The Morgan fingerprint density at radius 3 is 2.68 bits per heavy atom. The molecule has 0 atom stereocenters. The van der Waals surface area contributed by atoms with Crippen LogP contribution in [-0.4, -0.2) is 20.5 Å². The first-order valence-corrected chi connectivity index (χ1v) is 6.83. The van der Waals surface area contributed by atoms with Gasteiger partial charge in [-0.25, -0.2) is 4.68 Å². The van der Waals surface area contributed by atoms with Crippen LogP contribution in [0.5, 0.6) is 0 Å². The molecule has 0 aliphatic rings. The molecule has 100 valence electrons. The lowest BCUT2D eigenvalue weighted by atomic mass is 10.3. The molecule has 0 saturated carbocycles. The van der Waals surface area contributed by atoms with Gasteiger partial charge < -0.3 is 5.73 Å². The van der Waals surface area contributed by atoms with Gasteiger partial charge in [0.25, 0.3) is 5.69 Å². The minimum absolute atomic E-state index is 0.0510. The zero-order valence-electron chi connectivity index (χ0n) is 10.4. The first-order chi connectivity index (χ1) is 9.13. The molecule has 0 aliphatic heterocycles. The minimum Gasteiger partial charge on any atom is -0.383 e. The molecule has 0 radical (unpaired) electrons. The lowest BCUT2D eigenvalue weighted by Crippen LogP contribution is -2.02. The minimum atomic E-state index is -0.432. The summed E-state index contributed by atoms with van der Waals surface area (Å²) < 4.78 is 1.59. The van der Waals surface area contributed by atoms with Gasteiger partial charge in [0, 0.05) is 12.1 Å². The molecule has 0 spiro atoms. The second-order valence-electron chi connectivity index (χ2n) is 3.93. The maximum absolute atomic E-state index is 10.6. The molecular formula is C12H14N4O2S. The van der Waals surface area contributed by atoms with E-state index in [4.69, 9.17) is 5.73 Å². The quantitative estimate of drug-likeness (QED) is 0.516. The van der Waals surface area contributed by atoms with Crippen LogP contribution in [-0.2, 0) is 0 Å². The van der Waals surface area contributed by atoms with Gasteiger partial charge in [-0.2, -0.15) is 5.10 Å². The summed E-state index contributed by atoms with van der Waals surface area (Å²) in [5.41, 5.74) is 6.79. The molecule has 0 fully saturated rings. The van der Waals surface area contributed by atoms with E-state index in [2.05, 4.69) is 12.0 Å². The fourth-order valence-corrected chi connectivity index (χ4v) is 2.37. The standard InChI is InChI=1S/C12H14N4O2S/c1-2-7-19-11-8-14-15(12(11)13)9-3-5-10(6-4-9)16(17)18/h3-6,8H,2,7,13H2,1H3. The number of thioether (sulfide) groups is 1. The van der Waals surface area contributed by atoms with Gasteiger partial charge in [0.05, 0.1) is 21.7 Å². The Kier molecular flexibility index (Phi) is 4.06. The number of hydrogen-bond acceptors (Lipinski definition) is 5. The molecule has 0 amide bonds. The first-order valence-electron chi connectivity index (χ1n) is 5.84. The maximum Gasteiger partial charge on any atom is 0.269 e. The van der Waals surface area contributed by atoms with Gasteiger partial charge in [-0.05, 0) is 24.3 Å². The van der Waals surface area contributed by atoms with E-state index < -0.39 is 4.92 Å². The number of nitro benzene ring substituents is 1. The number of nitrogens with two attached hydrogens (primary N) is 1. The van der Waals surface area contributed by atoms with Crippen molar-refractivity contribution in [3.63, 3.8) is 0 Å². The van der Waals surface area contributed by atoms with Crippen LogP contribution >= 0.6 is 11.8 Å². The summed E-state index contributed by atoms with van der Waals surface area (Å²) in [5.74, 6) is 1.54. The van der Waals surface area contributed by atoms with Gasteiger partial charge in [0.1, 0.15) is 5.82 Å². The Hall–Kier alpha value is -2.02. The van der Waals surface area contributed by atoms with Crippen molar-refractivity contribution in [1.29, 1.82) is 0 Å². The van der Waals surface area contributed by atoms with Gasteiger partial charge >= 0.3 is 0 Å². The van der Waals surface area contributed by atoms with Crippen LogP contribution in [0.3, 0.4) is 0 Å².